The molecule has 4 heteroatoms. The van der Waals surface area contributed by atoms with Crippen LogP contribution in [0, 0.1) is 11.3 Å². The molecule has 3 nitrogen and oxygen atoms in total. The largest absolute Gasteiger partial charge is 1.00 e. The van der Waals surface area contributed by atoms with Crippen LogP contribution in [-0.2, 0) is 6.42 Å². The summed E-state index contributed by atoms with van der Waals surface area (Å²) >= 11 is 0. The summed E-state index contributed by atoms with van der Waals surface area (Å²) in [6.07, 6.45) is 3.02. The van der Waals surface area contributed by atoms with E-state index in [2.05, 4.69) is 22.9 Å². The van der Waals surface area contributed by atoms with Gasteiger partial charge in [-0.05, 0) is 17.7 Å². The second-order valence-corrected chi connectivity index (χ2v) is 4.73. The summed E-state index contributed by atoms with van der Waals surface area (Å²) < 4.78 is 7.56. The Morgan fingerprint density at radius 2 is 1.95 bits per heavy atom. The number of fused-ring (bicyclic) bond motifs is 1. The fourth-order valence-electron chi connectivity index (χ4n) is 2.60. The van der Waals surface area contributed by atoms with Gasteiger partial charge in [-0.3, -0.25) is 0 Å². The van der Waals surface area contributed by atoms with Gasteiger partial charge in [-0.2, -0.15) is 9.84 Å². The van der Waals surface area contributed by atoms with Gasteiger partial charge in [-0.15, -0.1) is 0 Å². The molecule has 0 atom stereocenters. The Labute approximate surface area is 134 Å². The van der Waals surface area contributed by atoms with Crippen LogP contribution in [-0.4, -0.2) is 24.4 Å². The maximum absolute atomic E-state index is 9.23. The van der Waals surface area contributed by atoms with Crippen molar-refractivity contribution in [1.29, 1.82) is 5.26 Å². The second kappa shape index (κ2) is 6.55. The van der Waals surface area contributed by atoms with E-state index in [1.165, 1.54) is 5.56 Å². The molecule has 0 saturated heterocycles. The van der Waals surface area contributed by atoms with Crippen LogP contribution in [0.15, 0.2) is 42.5 Å². The first-order chi connectivity index (χ1) is 9.83. The minimum atomic E-state index is 0. The first kappa shape index (κ1) is 15.3. The van der Waals surface area contributed by atoms with Crippen LogP contribution in [0.25, 0.3) is 0 Å². The monoisotopic (exact) mass is 342 g/mol. The third kappa shape index (κ3) is 2.84. The number of ether oxygens (including phenoxy) is 1. The third-order valence-corrected chi connectivity index (χ3v) is 3.62. The summed E-state index contributed by atoms with van der Waals surface area (Å²) in [5.41, 5.74) is 4.04. The van der Waals surface area contributed by atoms with Gasteiger partial charge < -0.3 is 21.7 Å². The van der Waals surface area contributed by atoms with Crippen molar-refractivity contribution >= 4 is 11.9 Å². The van der Waals surface area contributed by atoms with E-state index in [9.17, 15) is 5.26 Å². The molecule has 1 aliphatic heterocycles. The van der Waals surface area contributed by atoms with Gasteiger partial charge in [0.2, 0.25) is 5.69 Å². The average molecular weight is 343 g/mol. The van der Waals surface area contributed by atoms with Gasteiger partial charge in [0, 0.05) is 12.5 Å². The number of nitriles is 1. The number of nitrogens with zero attached hydrogens (tertiary/aromatic N) is 2. The first-order valence-electron chi connectivity index (χ1n) is 6.60. The summed E-state index contributed by atoms with van der Waals surface area (Å²) in [4.78, 5) is 0. The average Bonchev–Trinajstić information content (AvgIpc) is 2.53. The van der Waals surface area contributed by atoms with Gasteiger partial charge in [0.1, 0.15) is 17.4 Å². The number of methoxy groups -OCH3 is 1. The number of rotatable bonds is 2. The molecule has 0 fully saturated rings. The number of para-hydroxylation sites is 1. The SMILES string of the molecule is COc1cccc2c1C=[N+](c1ccccc1C#N)CC2.[Br-]. The van der Waals surface area contributed by atoms with Crippen molar-refractivity contribution in [1.82, 2.24) is 0 Å². The van der Waals surface area contributed by atoms with Crippen molar-refractivity contribution in [3.8, 4) is 11.8 Å². The lowest BCUT2D eigenvalue weighted by atomic mass is 10.0. The van der Waals surface area contributed by atoms with Crippen molar-refractivity contribution in [2.45, 2.75) is 6.42 Å². The van der Waals surface area contributed by atoms with Crippen LogP contribution in [0.1, 0.15) is 16.7 Å². The highest BCUT2D eigenvalue weighted by atomic mass is 79.9. The molecule has 0 spiro atoms. The van der Waals surface area contributed by atoms with Crippen molar-refractivity contribution in [2.75, 3.05) is 13.7 Å². The molecule has 106 valence electrons. The molecule has 0 aromatic heterocycles. The van der Waals surface area contributed by atoms with E-state index < -0.39 is 0 Å². The molecule has 0 saturated carbocycles. The molecule has 0 N–H and O–H groups in total. The summed E-state index contributed by atoms with van der Waals surface area (Å²) in [6.45, 7) is 0.874. The lowest BCUT2D eigenvalue weighted by molar-refractivity contribution is -0.436. The van der Waals surface area contributed by atoms with Crippen molar-refractivity contribution in [3.63, 3.8) is 0 Å². The highest BCUT2D eigenvalue weighted by Crippen LogP contribution is 2.26. The molecule has 1 aliphatic rings. The van der Waals surface area contributed by atoms with E-state index >= 15 is 0 Å². The minimum Gasteiger partial charge on any atom is -1.00 e. The molecule has 3 rings (SSSR count). The van der Waals surface area contributed by atoms with Crippen LogP contribution in [0.2, 0.25) is 0 Å². The summed E-state index contributed by atoms with van der Waals surface area (Å²) in [7, 11) is 1.69. The van der Waals surface area contributed by atoms with Crippen LogP contribution >= 0.6 is 0 Å². The van der Waals surface area contributed by atoms with E-state index in [1.54, 1.807) is 7.11 Å². The molecule has 0 radical (unpaired) electrons. The maximum Gasteiger partial charge on any atom is 0.223 e. The highest BCUT2D eigenvalue weighted by molar-refractivity contribution is 5.84. The molecule has 2 aromatic carbocycles. The lowest BCUT2D eigenvalue weighted by Crippen LogP contribution is -3.00. The summed E-state index contributed by atoms with van der Waals surface area (Å²) in [6, 6.07) is 16.0. The molecule has 1 heterocycles. The fourth-order valence-corrected chi connectivity index (χ4v) is 2.60. The molecule has 0 amide bonds. The van der Waals surface area contributed by atoms with Gasteiger partial charge in [0.15, 0.2) is 12.8 Å². The van der Waals surface area contributed by atoms with Crippen LogP contribution in [0.5, 0.6) is 5.75 Å². The topological polar surface area (TPSA) is 36.0 Å². The lowest BCUT2D eigenvalue weighted by Gasteiger charge is -2.15. The summed E-state index contributed by atoms with van der Waals surface area (Å²) in [5.74, 6) is 0.877. The van der Waals surface area contributed by atoms with Crippen molar-refractivity contribution < 1.29 is 26.3 Å². The Bertz CT molecular complexity index is 732. The Kier molecular flexibility index (Phi) is 4.77. The number of benzene rings is 2. The smallest absolute Gasteiger partial charge is 0.223 e. The predicted molar refractivity (Wildman–Crippen MR) is 77.8 cm³/mol. The fraction of sp³-hybridized carbons (Fsp3) is 0.176. The van der Waals surface area contributed by atoms with E-state index in [0.29, 0.717) is 5.56 Å². The number of halogens is 1. The third-order valence-electron chi connectivity index (χ3n) is 3.62. The molecule has 0 unspecified atom stereocenters. The van der Waals surface area contributed by atoms with Gasteiger partial charge in [-0.1, -0.05) is 24.3 Å². The van der Waals surface area contributed by atoms with E-state index in [4.69, 9.17) is 4.74 Å². The van der Waals surface area contributed by atoms with Gasteiger partial charge in [0.25, 0.3) is 0 Å². The molecule has 0 bridgehead atoms. The quantitative estimate of drug-likeness (QED) is 0.714. The van der Waals surface area contributed by atoms with Crippen LogP contribution < -0.4 is 21.7 Å². The van der Waals surface area contributed by atoms with Gasteiger partial charge >= 0.3 is 0 Å². The Morgan fingerprint density at radius 1 is 1.14 bits per heavy atom. The van der Waals surface area contributed by atoms with E-state index in [-0.39, 0.29) is 17.0 Å². The second-order valence-electron chi connectivity index (χ2n) is 4.73. The molecule has 2 aromatic rings. The van der Waals surface area contributed by atoms with Crippen molar-refractivity contribution in [3.05, 3.63) is 59.2 Å². The minimum absolute atomic E-state index is 0. The molecule has 0 aliphatic carbocycles. The van der Waals surface area contributed by atoms with Crippen LogP contribution in [0.3, 0.4) is 0 Å². The summed E-state index contributed by atoms with van der Waals surface area (Å²) in [5, 5.41) is 9.23. The molecular formula is C17H15BrN2O. The van der Waals surface area contributed by atoms with Crippen LogP contribution in [0.4, 0.5) is 5.69 Å². The highest BCUT2D eigenvalue weighted by Gasteiger charge is 2.22. The zero-order chi connectivity index (χ0) is 13.9. The Morgan fingerprint density at radius 3 is 2.71 bits per heavy atom. The number of hydrogen-bond donors (Lipinski definition) is 0. The van der Waals surface area contributed by atoms with E-state index in [0.717, 1.165) is 30.0 Å². The van der Waals surface area contributed by atoms with Crippen molar-refractivity contribution in [2.24, 2.45) is 0 Å². The normalized spacial score (nSPS) is 12.5. The van der Waals surface area contributed by atoms with Gasteiger partial charge in [0.05, 0.1) is 12.7 Å². The molecular weight excluding hydrogens is 328 g/mol. The Hall–Kier alpha value is -2.12. The predicted octanol–water partition coefficient (Wildman–Crippen LogP) is -0.110. The Balaban J connectivity index is 0.00000161. The molecule has 21 heavy (non-hydrogen) atoms. The zero-order valence-corrected chi connectivity index (χ0v) is 13.3. The standard InChI is InChI=1S/C17H15N2O.BrH/c1-20-17-8-4-6-13-9-10-19(12-15(13)17)16-7-3-2-5-14(16)11-18;/h2-8,12H,9-10H2,1H3;1H/q+1;/p-1. The maximum atomic E-state index is 9.23. The number of hydrogen-bond acceptors (Lipinski definition) is 2. The van der Waals surface area contributed by atoms with Gasteiger partial charge in [-0.25, -0.2) is 0 Å². The first-order valence-corrected chi connectivity index (χ1v) is 6.60. The van der Waals surface area contributed by atoms with E-state index in [1.807, 2.05) is 36.4 Å². The zero-order valence-electron chi connectivity index (χ0n) is 11.7.